The van der Waals surface area contributed by atoms with Crippen molar-refractivity contribution < 1.29 is 4.57 Å². The van der Waals surface area contributed by atoms with Crippen LogP contribution in [0.5, 0.6) is 0 Å². The number of nitrogens with one attached hydrogen (secondary N) is 1. The molecule has 0 saturated carbocycles. The molecule has 8 aromatic rings. The predicted octanol–water partition coefficient (Wildman–Crippen LogP) is 11.7. The molecular formula is C48H41N2OP. The van der Waals surface area contributed by atoms with Crippen molar-refractivity contribution >= 4 is 50.8 Å². The summed E-state index contributed by atoms with van der Waals surface area (Å²) < 4.78 is 12.8. The Labute approximate surface area is 305 Å². The van der Waals surface area contributed by atoms with E-state index in [0.717, 1.165) is 33.1 Å². The first kappa shape index (κ1) is 33.6. The van der Waals surface area contributed by atoms with Crippen LogP contribution in [0.4, 0.5) is 0 Å². The molecule has 8 aromatic carbocycles. The Kier molecular flexibility index (Phi) is 9.18. The zero-order chi connectivity index (χ0) is 35.7. The summed E-state index contributed by atoms with van der Waals surface area (Å²) >= 11 is 0. The Hall–Kier alpha value is -5.57. The molecule has 52 heavy (non-hydrogen) atoms. The molecule has 0 fully saturated rings. The minimum atomic E-state index is -2.37. The molecule has 3 N–H and O–H groups in total. The zero-order valence-corrected chi connectivity index (χ0v) is 30.3. The number of fused-ring (bicyclic) bond motifs is 4. The fourth-order valence-electron chi connectivity index (χ4n) is 7.25. The summed E-state index contributed by atoms with van der Waals surface area (Å²) in [6, 6.07) is 59.6. The molecule has 0 saturated heterocycles. The average molecular weight is 693 g/mol. The fraction of sp³-hybridized carbons (Fsp3) is 0.0833. The monoisotopic (exact) mass is 692 g/mol. The average Bonchev–Trinajstić information content (AvgIpc) is 3.18. The lowest BCUT2D eigenvalue weighted by atomic mass is 9.89. The van der Waals surface area contributed by atoms with Crippen molar-refractivity contribution in [2.75, 3.05) is 13.3 Å². The Morgan fingerprint density at radius 3 is 1.98 bits per heavy atom. The molecule has 0 aliphatic carbocycles. The van der Waals surface area contributed by atoms with Gasteiger partial charge in [0.15, 0.2) is 0 Å². The van der Waals surface area contributed by atoms with E-state index < -0.39 is 7.14 Å². The molecule has 254 valence electrons. The van der Waals surface area contributed by atoms with Crippen molar-refractivity contribution in [1.29, 1.82) is 0 Å². The molecule has 8 rings (SSSR count). The van der Waals surface area contributed by atoms with Gasteiger partial charge in [-0.05, 0) is 103 Å². The second-order valence-electron chi connectivity index (χ2n) is 13.9. The molecular weight excluding hydrogens is 652 g/mol. The van der Waals surface area contributed by atoms with E-state index in [1.54, 1.807) is 0 Å². The van der Waals surface area contributed by atoms with E-state index in [1.165, 1.54) is 43.4 Å². The second-order valence-corrected chi connectivity index (χ2v) is 17.1. The highest BCUT2D eigenvalue weighted by Gasteiger charge is 2.17. The lowest BCUT2D eigenvalue weighted by Gasteiger charge is -2.22. The van der Waals surface area contributed by atoms with Crippen LogP contribution in [0.25, 0.3) is 60.6 Å². The van der Waals surface area contributed by atoms with Crippen LogP contribution < -0.4 is 16.4 Å². The summed E-state index contributed by atoms with van der Waals surface area (Å²) in [7, 11) is -2.37. The van der Waals surface area contributed by atoms with Gasteiger partial charge in [-0.2, -0.15) is 0 Å². The highest BCUT2D eigenvalue weighted by Crippen LogP contribution is 2.40. The topological polar surface area (TPSA) is 55.1 Å². The maximum Gasteiger partial charge on any atom is 0.109 e. The van der Waals surface area contributed by atoms with Crippen LogP contribution >= 0.6 is 7.14 Å². The van der Waals surface area contributed by atoms with E-state index >= 15 is 0 Å². The molecule has 0 aliphatic heterocycles. The Morgan fingerprint density at radius 2 is 1.21 bits per heavy atom. The van der Waals surface area contributed by atoms with Crippen molar-refractivity contribution in [2.45, 2.75) is 12.2 Å². The molecule has 3 nitrogen and oxygen atoms in total. The van der Waals surface area contributed by atoms with Gasteiger partial charge in [0.2, 0.25) is 0 Å². The molecule has 2 unspecified atom stereocenters. The fourth-order valence-corrected chi connectivity index (χ4v) is 8.15. The molecule has 2 atom stereocenters. The van der Waals surface area contributed by atoms with E-state index in [4.69, 9.17) is 5.73 Å². The van der Waals surface area contributed by atoms with Crippen LogP contribution in [0.3, 0.4) is 0 Å². The summed E-state index contributed by atoms with van der Waals surface area (Å²) in [4.78, 5) is 0. The van der Waals surface area contributed by atoms with E-state index in [9.17, 15) is 4.57 Å². The van der Waals surface area contributed by atoms with Crippen molar-refractivity contribution in [3.8, 4) is 22.3 Å². The number of benzene rings is 8. The molecule has 0 aromatic heterocycles. The number of hydrogen-bond donors (Lipinski definition) is 2. The third kappa shape index (κ3) is 6.87. The van der Waals surface area contributed by atoms with Crippen LogP contribution in [0.15, 0.2) is 176 Å². The molecule has 4 heteroatoms. The minimum Gasteiger partial charge on any atom is -0.319 e. The van der Waals surface area contributed by atoms with Crippen LogP contribution in [-0.4, -0.2) is 13.3 Å². The van der Waals surface area contributed by atoms with E-state index in [-0.39, 0.29) is 12.2 Å². The highest BCUT2D eigenvalue weighted by atomic mass is 31.2. The zero-order valence-electron chi connectivity index (χ0n) is 29.4. The number of nitrogens with two attached hydrogens (primary N) is 1. The van der Waals surface area contributed by atoms with Gasteiger partial charge >= 0.3 is 0 Å². The SMILES string of the molecule is CP(C)(=O)c1cccc(-c2cccc(/C=C/C(NC(N)c3ccccc3)c3ccc(-c4c5ccccc5cc5c4ccc4ccccc45)cc3)c2)c1. The van der Waals surface area contributed by atoms with Gasteiger partial charge in [-0.25, -0.2) is 0 Å². The smallest absolute Gasteiger partial charge is 0.109 e. The van der Waals surface area contributed by atoms with Gasteiger partial charge in [0, 0.05) is 5.30 Å². The van der Waals surface area contributed by atoms with Crippen LogP contribution in [0.2, 0.25) is 0 Å². The van der Waals surface area contributed by atoms with Crippen LogP contribution in [0.1, 0.15) is 28.9 Å². The van der Waals surface area contributed by atoms with Gasteiger partial charge in [-0.3, -0.25) is 5.32 Å². The quantitative estimate of drug-likeness (QED) is 0.0685. The first-order valence-corrected chi connectivity index (χ1v) is 20.4. The number of hydrogen-bond acceptors (Lipinski definition) is 3. The standard InChI is InChI=1S/C48H41N2OP/c1-52(2,51)41-19-11-18-39(31-41)38-17-10-12-33(30-38)22-29-46(50-48(49)37-14-4-3-5-15-37)35-23-25-36(26-24-35)47-43-21-9-7-16-40(43)32-45-42-20-8-6-13-34(42)27-28-44(45)47/h3-32,46,48,50H,49H2,1-2H3/b29-22+. The lowest BCUT2D eigenvalue weighted by Crippen LogP contribution is -2.31. The summed E-state index contributed by atoms with van der Waals surface area (Å²) in [5.74, 6) is 0. The van der Waals surface area contributed by atoms with Gasteiger partial charge < -0.3 is 10.3 Å². The van der Waals surface area contributed by atoms with Gasteiger partial charge in [0.05, 0.1) is 12.2 Å². The maximum atomic E-state index is 12.8. The lowest BCUT2D eigenvalue weighted by molar-refractivity contribution is 0.509. The predicted molar refractivity (Wildman–Crippen MR) is 224 cm³/mol. The van der Waals surface area contributed by atoms with Crippen molar-refractivity contribution in [2.24, 2.45) is 5.73 Å². The second kappa shape index (κ2) is 14.2. The molecule has 0 radical (unpaired) electrons. The maximum absolute atomic E-state index is 12.8. The van der Waals surface area contributed by atoms with Gasteiger partial charge in [0.25, 0.3) is 0 Å². The summed E-state index contributed by atoms with van der Waals surface area (Å²) in [5.41, 5.74) is 14.6. The van der Waals surface area contributed by atoms with Crippen LogP contribution in [0, 0.1) is 0 Å². The molecule has 0 spiro atoms. The summed E-state index contributed by atoms with van der Waals surface area (Å²) in [6.45, 7) is 3.63. The minimum absolute atomic E-state index is 0.157. The largest absolute Gasteiger partial charge is 0.319 e. The Bertz CT molecular complexity index is 2620. The Morgan fingerprint density at radius 1 is 0.538 bits per heavy atom. The van der Waals surface area contributed by atoms with Crippen molar-refractivity contribution in [1.82, 2.24) is 5.32 Å². The Balaban J connectivity index is 1.17. The van der Waals surface area contributed by atoms with E-state index in [0.29, 0.717) is 0 Å². The molecule has 0 heterocycles. The number of rotatable bonds is 9. The normalized spacial score (nSPS) is 13.2. The highest BCUT2D eigenvalue weighted by molar-refractivity contribution is 7.70. The molecule has 0 bridgehead atoms. The molecule has 0 amide bonds. The van der Waals surface area contributed by atoms with E-state index in [2.05, 4.69) is 157 Å². The van der Waals surface area contributed by atoms with E-state index in [1.807, 2.05) is 43.7 Å². The first-order chi connectivity index (χ1) is 25.3. The summed E-state index contributed by atoms with van der Waals surface area (Å²) in [5, 5.41) is 12.1. The third-order valence-corrected chi connectivity index (χ3v) is 11.5. The first-order valence-electron chi connectivity index (χ1n) is 17.8. The van der Waals surface area contributed by atoms with Gasteiger partial charge in [-0.1, -0.05) is 164 Å². The van der Waals surface area contributed by atoms with Gasteiger partial charge in [-0.15, -0.1) is 0 Å². The van der Waals surface area contributed by atoms with Crippen LogP contribution in [-0.2, 0) is 4.57 Å². The molecule has 0 aliphatic rings. The summed E-state index contributed by atoms with van der Waals surface area (Å²) in [6.07, 6.45) is 3.99. The third-order valence-electron chi connectivity index (χ3n) is 10.0. The van der Waals surface area contributed by atoms with Crippen molar-refractivity contribution in [3.05, 3.63) is 193 Å². The van der Waals surface area contributed by atoms with Gasteiger partial charge in [0.1, 0.15) is 7.14 Å². The van der Waals surface area contributed by atoms with Crippen molar-refractivity contribution in [3.63, 3.8) is 0 Å².